The molecule has 0 saturated carbocycles. The Balaban J connectivity index is 2.01. The molecule has 0 unspecified atom stereocenters. The maximum Gasteiger partial charge on any atom is 0.231 e. The number of oxime groups is 1. The first-order valence-corrected chi connectivity index (χ1v) is 4.65. The average molecular weight is 212 g/mol. The lowest BCUT2D eigenvalue weighted by Crippen LogP contribution is -2.36. The van der Waals surface area contributed by atoms with Gasteiger partial charge < -0.3 is 10.9 Å². The number of carbonyl (C=O) groups is 2. The molecule has 2 aliphatic heterocycles. The number of nitrogens with zero attached hydrogens (tertiary/aromatic N) is 2. The number of nitrogens with one attached hydrogen (secondary N) is 1. The Hall–Kier alpha value is -1.63. The maximum absolute atomic E-state index is 11.3. The highest BCUT2D eigenvalue weighted by molar-refractivity contribution is 6.05. The lowest BCUT2D eigenvalue weighted by molar-refractivity contribution is -0.126. The number of rotatable bonds is 2. The van der Waals surface area contributed by atoms with Crippen LogP contribution in [-0.2, 0) is 9.59 Å². The third kappa shape index (κ3) is 1.65. The van der Waals surface area contributed by atoms with E-state index in [9.17, 15) is 9.59 Å². The molecule has 0 aliphatic carbocycles. The first-order valence-electron chi connectivity index (χ1n) is 4.65. The van der Waals surface area contributed by atoms with Crippen LogP contribution in [-0.4, -0.2) is 47.4 Å². The van der Waals surface area contributed by atoms with Crippen LogP contribution in [0.15, 0.2) is 5.16 Å². The molecule has 2 saturated heterocycles. The Morgan fingerprint density at radius 1 is 1.47 bits per heavy atom. The summed E-state index contributed by atoms with van der Waals surface area (Å²) < 4.78 is 0. The quantitative estimate of drug-likeness (QED) is 0.160. The smallest absolute Gasteiger partial charge is 0.231 e. The topological polar surface area (TPSA) is 108 Å². The molecule has 7 heteroatoms. The summed E-state index contributed by atoms with van der Waals surface area (Å²) in [5, 5.41) is 13.5. The second-order valence-electron chi connectivity index (χ2n) is 3.85. The molecule has 0 spiro atoms. The van der Waals surface area contributed by atoms with Crippen molar-refractivity contribution in [3.63, 3.8) is 0 Å². The van der Waals surface area contributed by atoms with Crippen molar-refractivity contribution in [2.24, 2.45) is 22.7 Å². The summed E-state index contributed by atoms with van der Waals surface area (Å²) in [6.45, 7) is 1.25. The highest BCUT2D eigenvalue weighted by atomic mass is 16.4. The number of carbonyl (C=O) groups excluding carboxylic acids is 2. The summed E-state index contributed by atoms with van der Waals surface area (Å²) in [4.78, 5) is 24.4. The largest absolute Gasteiger partial charge is 0.409 e. The first kappa shape index (κ1) is 9.91. The van der Waals surface area contributed by atoms with E-state index in [1.165, 1.54) is 0 Å². The lowest BCUT2D eigenvalue weighted by Gasteiger charge is -2.14. The van der Waals surface area contributed by atoms with Crippen molar-refractivity contribution in [1.82, 2.24) is 10.2 Å². The monoisotopic (exact) mass is 212 g/mol. The Labute approximate surface area is 85.9 Å². The van der Waals surface area contributed by atoms with E-state index in [0.717, 1.165) is 0 Å². The van der Waals surface area contributed by atoms with Crippen molar-refractivity contribution < 1.29 is 14.8 Å². The van der Waals surface area contributed by atoms with E-state index in [4.69, 9.17) is 10.9 Å². The molecule has 0 radical (unpaired) electrons. The maximum atomic E-state index is 11.3. The Morgan fingerprint density at radius 2 is 2.00 bits per heavy atom. The third-order valence-corrected chi connectivity index (χ3v) is 2.83. The molecule has 2 atom stereocenters. The molecular weight excluding hydrogens is 200 g/mol. The number of amidine groups is 1. The highest BCUT2D eigenvalue weighted by Gasteiger charge is 2.47. The molecule has 0 aromatic heterocycles. The minimum absolute atomic E-state index is 0.0860. The molecule has 2 aliphatic rings. The molecule has 0 bridgehead atoms. The van der Waals surface area contributed by atoms with E-state index >= 15 is 0 Å². The normalized spacial score (nSPS) is 31.9. The second kappa shape index (κ2) is 3.50. The van der Waals surface area contributed by atoms with Crippen LogP contribution in [0.5, 0.6) is 0 Å². The Bertz CT molecular complexity index is 319. The van der Waals surface area contributed by atoms with Gasteiger partial charge >= 0.3 is 0 Å². The van der Waals surface area contributed by atoms with Gasteiger partial charge in [-0.2, -0.15) is 0 Å². The van der Waals surface area contributed by atoms with Gasteiger partial charge in [-0.3, -0.25) is 19.8 Å². The van der Waals surface area contributed by atoms with E-state index < -0.39 is 0 Å². The molecule has 0 aromatic carbocycles. The van der Waals surface area contributed by atoms with Crippen LogP contribution in [0.25, 0.3) is 0 Å². The summed E-state index contributed by atoms with van der Waals surface area (Å²) in [6.07, 6.45) is 0. The van der Waals surface area contributed by atoms with Crippen LogP contribution in [0.3, 0.4) is 0 Å². The number of imide groups is 1. The Morgan fingerprint density at radius 3 is 2.47 bits per heavy atom. The molecular formula is C8H12N4O3. The van der Waals surface area contributed by atoms with Crippen LogP contribution in [0, 0.1) is 11.8 Å². The fraction of sp³-hybridized carbons (Fsp3) is 0.625. The number of fused-ring (bicyclic) bond motifs is 1. The van der Waals surface area contributed by atoms with Gasteiger partial charge in [0.1, 0.15) is 0 Å². The SMILES string of the molecule is NC(CN1C[C@@H]2C(=O)NC(=O)[C@@H]2C1)=NO. The minimum atomic E-state index is -0.274. The predicted octanol–water partition coefficient (Wildman–Crippen LogP) is -2.06. The fourth-order valence-corrected chi connectivity index (χ4v) is 2.11. The van der Waals surface area contributed by atoms with Crippen LogP contribution in [0.4, 0.5) is 0 Å². The summed E-state index contributed by atoms with van der Waals surface area (Å²) in [5.74, 6) is -0.894. The van der Waals surface area contributed by atoms with Crippen LogP contribution < -0.4 is 11.1 Å². The van der Waals surface area contributed by atoms with Gasteiger partial charge in [0.15, 0.2) is 5.84 Å². The first-order chi connectivity index (χ1) is 7.11. The molecule has 15 heavy (non-hydrogen) atoms. The molecule has 2 rings (SSSR count). The second-order valence-corrected chi connectivity index (χ2v) is 3.85. The number of hydrogen-bond acceptors (Lipinski definition) is 5. The van der Waals surface area contributed by atoms with Gasteiger partial charge in [0, 0.05) is 13.1 Å². The van der Waals surface area contributed by atoms with Crippen LogP contribution in [0.1, 0.15) is 0 Å². The number of hydrogen-bond donors (Lipinski definition) is 3. The minimum Gasteiger partial charge on any atom is -0.409 e. The zero-order valence-corrected chi connectivity index (χ0v) is 8.01. The molecule has 2 amide bonds. The summed E-state index contributed by atoms with van der Waals surface area (Å²) in [7, 11) is 0. The zero-order chi connectivity index (χ0) is 11.0. The van der Waals surface area contributed by atoms with Gasteiger partial charge in [-0.25, -0.2) is 0 Å². The van der Waals surface area contributed by atoms with E-state index in [2.05, 4.69) is 10.5 Å². The fourth-order valence-electron chi connectivity index (χ4n) is 2.11. The van der Waals surface area contributed by atoms with Gasteiger partial charge in [0.2, 0.25) is 11.8 Å². The average Bonchev–Trinajstić information content (AvgIpc) is 2.70. The van der Waals surface area contributed by atoms with Crippen molar-refractivity contribution in [3.8, 4) is 0 Å². The van der Waals surface area contributed by atoms with Crippen LogP contribution in [0.2, 0.25) is 0 Å². The molecule has 0 aromatic rings. The van der Waals surface area contributed by atoms with Gasteiger partial charge in [0.25, 0.3) is 0 Å². The van der Waals surface area contributed by atoms with Gasteiger partial charge in [-0.1, -0.05) is 5.16 Å². The van der Waals surface area contributed by atoms with E-state index in [-0.39, 0.29) is 36.0 Å². The molecule has 2 fully saturated rings. The number of likely N-dealkylation sites (tertiary alicyclic amines) is 1. The van der Waals surface area contributed by atoms with E-state index in [1.807, 2.05) is 4.90 Å². The molecule has 7 nitrogen and oxygen atoms in total. The summed E-state index contributed by atoms with van der Waals surface area (Å²) in [6, 6.07) is 0. The van der Waals surface area contributed by atoms with Crippen molar-refractivity contribution >= 4 is 17.6 Å². The zero-order valence-electron chi connectivity index (χ0n) is 8.01. The van der Waals surface area contributed by atoms with Gasteiger partial charge in [-0.05, 0) is 0 Å². The van der Waals surface area contributed by atoms with Crippen LogP contribution >= 0.6 is 0 Å². The van der Waals surface area contributed by atoms with E-state index in [1.54, 1.807) is 0 Å². The predicted molar refractivity (Wildman–Crippen MR) is 50.0 cm³/mol. The number of amides is 2. The van der Waals surface area contributed by atoms with E-state index in [0.29, 0.717) is 13.1 Å². The van der Waals surface area contributed by atoms with Crippen molar-refractivity contribution in [2.75, 3.05) is 19.6 Å². The van der Waals surface area contributed by atoms with Gasteiger partial charge in [-0.15, -0.1) is 0 Å². The number of nitrogens with two attached hydrogens (primary N) is 1. The Kier molecular flexibility index (Phi) is 2.31. The van der Waals surface area contributed by atoms with Crippen molar-refractivity contribution in [1.29, 1.82) is 0 Å². The third-order valence-electron chi connectivity index (χ3n) is 2.83. The lowest BCUT2D eigenvalue weighted by atomic mass is 10.00. The molecule has 2 heterocycles. The summed E-state index contributed by atoms with van der Waals surface area (Å²) >= 11 is 0. The molecule has 4 N–H and O–H groups in total. The highest BCUT2D eigenvalue weighted by Crippen LogP contribution is 2.27. The summed E-state index contributed by atoms with van der Waals surface area (Å²) in [5.41, 5.74) is 5.35. The standard InChI is InChI=1S/C8H12N4O3/c9-6(11-15)3-12-1-4-5(2-12)8(14)10-7(4)13/h4-5,15H,1-3H2,(H2,9,11)(H,10,13,14)/t4-,5+. The van der Waals surface area contributed by atoms with Crippen molar-refractivity contribution in [2.45, 2.75) is 0 Å². The van der Waals surface area contributed by atoms with Crippen molar-refractivity contribution in [3.05, 3.63) is 0 Å². The molecule has 82 valence electrons. The van der Waals surface area contributed by atoms with Gasteiger partial charge in [0.05, 0.1) is 18.4 Å².